The van der Waals surface area contributed by atoms with E-state index in [0.717, 1.165) is 32.5 Å². The molecule has 0 aromatic heterocycles. The maximum absolute atomic E-state index is 5.56. The quantitative estimate of drug-likeness (QED) is 0.717. The van der Waals surface area contributed by atoms with E-state index in [9.17, 15) is 0 Å². The molecule has 0 radical (unpaired) electrons. The van der Waals surface area contributed by atoms with E-state index in [4.69, 9.17) is 10.5 Å². The van der Waals surface area contributed by atoms with Crippen molar-refractivity contribution >= 4 is 0 Å². The van der Waals surface area contributed by atoms with Crippen LogP contribution in [0.25, 0.3) is 0 Å². The van der Waals surface area contributed by atoms with Gasteiger partial charge in [-0.3, -0.25) is 4.90 Å². The summed E-state index contributed by atoms with van der Waals surface area (Å²) in [6, 6.07) is 0.643. The van der Waals surface area contributed by atoms with Crippen molar-refractivity contribution in [1.82, 2.24) is 9.80 Å². The fourth-order valence-electron chi connectivity index (χ4n) is 2.44. The van der Waals surface area contributed by atoms with Gasteiger partial charge >= 0.3 is 0 Å². The van der Waals surface area contributed by atoms with Crippen LogP contribution in [-0.4, -0.2) is 68.8 Å². The fourth-order valence-corrected chi connectivity index (χ4v) is 2.44. The van der Waals surface area contributed by atoms with Crippen molar-refractivity contribution in [3.63, 3.8) is 0 Å². The Balaban J connectivity index is 2.26. The van der Waals surface area contributed by atoms with Gasteiger partial charge in [0.15, 0.2) is 0 Å². The van der Waals surface area contributed by atoms with Crippen molar-refractivity contribution in [3.05, 3.63) is 0 Å². The molecule has 0 amide bonds. The smallest absolute Gasteiger partial charge is 0.0477 e. The molecule has 0 saturated carbocycles. The Morgan fingerprint density at radius 2 is 2.06 bits per heavy atom. The van der Waals surface area contributed by atoms with E-state index in [2.05, 4.69) is 16.7 Å². The molecule has 102 valence electrons. The lowest BCUT2D eigenvalue weighted by molar-refractivity contribution is 0.139. The molecule has 1 fully saturated rings. The summed E-state index contributed by atoms with van der Waals surface area (Å²) in [5.41, 5.74) is 5.56. The highest BCUT2D eigenvalue weighted by Crippen LogP contribution is 2.09. The number of rotatable bonds is 7. The molecule has 17 heavy (non-hydrogen) atoms. The molecule has 0 aromatic carbocycles. The van der Waals surface area contributed by atoms with Crippen molar-refractivity contribution in [2.24, 2.45) is 5.73 Å². The third-order valence-corrected chi connectivity index (χ3v) is 3.66. The van der Waals surface area contributed by atoms with Crippen molar-refractivity contribution < 1.29 is 4.74 Å². The van der Waals surface area contributed by atoms with Gasteiger partial charge in [-0.2, -0.15) is 0 Å². The van der Waals surface area contributed by atoms with E-state index in [0.29, 0.717) is 6.04 Å². The maximum atomic E-state index is 5.56. The van der Waals surface area contributed by atoms with Gasteiger partial charge in [0.1, 0.15) is 0 Å². The molecular weight excluding hydrogens is 214 g/mol. The van der Waals surface area contributed by atoms with Gasteiger partial charge in [-0.15, -0.1) is 0 Å². The second-order valence-corrected chi connectivity index (χ2v) is 5.00. The molecular formula is C13H29N3O. The van der Waals surface area contributed by atoms with Crippen LogP contribution in [0.15, 0.2) is 0 Å². The van der Waals surface area contributed by atoms with Crippen molar-refractivity contribution in [1.29, 1.82) is 0 Å². The number of ether oxygens (including phenoxy) is 1. The monoisotopic (exact) mass is 243 g/mol. The number of hydrogen-bond donors (Lipinski definition) is 1. The van der Waals surface area contributed by atoms with Crippen molar-refractivity contribution in [3.8, 4) is 0 Å². The van der Waals surface area contributed by atoms with E-state index in [1.54, 1.807) is 7.11 Å². The van der Waals surface area contributed by atoms with Crippen LogP contribution in [0.3, 0.4) is 0 Å². The summed E-state index contributed by atoms with van der Waals surface area (Å²) >= 11 is 0. The van der Waals surface area contributed by atoms with E-state index >= 15 is 0 Å². The number of nitrogens with two attached hydrogens (primary N) is 1. The van der Waals surface area contributed by atoms with Crippen LogP contribution in [0, 0.1) is 0 Å². The zero-order valence-electron chi connectivity index (χ0n) is 11.5. The summed E-state index contributed by atoms with van der Waals surface area (Å²) in [6.07, 6.45) is 3.54. The second-order valence-electron chi connectivity index (χ2n) is 5.00. The number of hydrogen-bond acceptors (Lipinski definition) is 4. The largest absolute Gasteiger partial charge is 0.385 e. The Hall–Kier alpha value is -0.160. The third kappa shape index (κ3) is 5.82. The molecule has 0 bridgehead atoms. The molecule has 1 rings (SSSR count). The molecule has 1 aliphatic rings. The van der Waals surface area contributed by atoms with Crippen molar-refractivity contribution in [2.75, 3.05) is 53.0 Å². The predicted molar refractivity (Wildman–Crippen MR) is 72.3 cm³/mol. The van der Waals surface area contributed by atoms with Crippen LogP contribution in [0.5, 0.6) is 0 Å². The van der Waals surface area contributed by atoms with Crippen LogP contribution in [0.4, 0.5) is 0 Å². The number of nitrogens with zero attached hydrogens (tertiary/aromatic N) is 2. The summed E-state index contributed by atoms with van der Waals surface area (Å²) < 4.78 is 5.16. The Bertz CT molecular complexity index is 190. The van der Waals surface area contributed by atoms with E-state index < -0.39 is 0 Å². The molecule has 1 unspecified atom stereocenters. The maximum Gasteiger partial charge on any atom is 0.0477 e. The first-order valence-electron chi connectivity index (χ1n) is 6.93. The molecule has 0 aliphatic carbocycles. The van der Waals surface area contributed by atoms with Crippen LogP contribution in [0.1, 0.15) is 26.2 Å². The minimum absolute atomic E-state index is 0.643. The van der Waals surface area contributed by atoms with Crippen LogP contribution >= 0.6 is 0 Å². The zero-order valence-corrected chi connectivity index (χ0v) is 11.5. The lowest BCUT2D eigenvalue weighted by Crippen LogP contribution is -2.37. The summed E-state index contributed by atoms with van der Waals surface area (Å²) in [6.45, 7) is 9.99. The number of methoxy groups -OCH3 is 1. The molecule has 1 atom stereocenters. The van der Waals surface area contributed by atoms with Gasteiger partial charge in [-0.05, 0) is 52.4 Å². The zero-order chi connectivity index (χ0) is 12.5. The van der Waals surface area contributed by atoms with Gasteiger partial charge < -0.3 is 15.4 Å². The minimum atomic E-state index is 0.643. The molecule has 0 aromatic rings. The molecule has 1 heterocycles. The average molecular weight is 243 g/mol. The standard InChI is InChI=1S/C13H29N3O/c1-13(5-12-17-2)16-9-4-8-15(10-11-16)7-3-6-14/h13H,3-12,14H2,1-2H3. The predicted octanol–water partition coefficient (Wildman–Crippen LogP) is 0.768. The Labute approximate surface area is 106 Å². The van der Waals surface area contributed by atoms with Crippen LogP contribution in [0.2, 0.25) is 0 Å². The Morgan fingerprint density at radius 3 is 2.76 bits per heavy atom. The first-order valence-corrected chi connectivity index (χ1v) is 6.93. The van der Waals surface area contributed by atoms with Crippen molar-refractivity contribution in [2.45, 2.75) is 32.2 Å². The third-order valence-electron chi connectivity index (χ3n) is 3.66. The van der Waals surface area contributed by atoms with Crippen LogP contribution in [-0.2, 0) is 4.74 Å². The summed E-state index contributed by atoms with van der Waals surface area (Å²) in [7, 11) is 1.78. The highest BCUT2D eigenvalue weighted by atomic mass is 16.5. The van der Waals surface area contributed by atoms with Gasteiger partial charge in [-0.25, -0.2) is 0 Å². The first kappa shape index (κ1) is 14.9. The molecule has 2 N–H and O–H groups in total. The topological polar surface area (TPSA) is 41.7 Å². The Kier molecular flexibility index (Phi) is 7.77. The SMILES string of the molecule is COCCC(C)N1CCCN(CCCN)CC1. The van der Waals surface area contributed by atoms with E-state index in [1.165, 1.54) is 32.6 Å². The Morgan fingerprint density at radius 1 is 1.24 bits per heavy atom. The second kappa shape index (κ2) is 8.86. The highest BCUT2D eigenvalue weighted by Gasteiger charge is 2.18. The molecule has 1 saturated heterocycles. The van der Waals surface area contributed by atoms with E-state index in [1.807, 2.05) is 0 Å². The van der Waals surface area contributed by atoms with Gasteiger partial charge in [0, 0.05) is 32.8 Å². The minimum Gasteiger partial charge on any atom is -0.385 e. The van der Waals surface area contributed by atoms with Gasteiger partial charge in [0.2, 0.25) is 0 Å². The van der Waals surface area contributed by atoms with Crippen LogP contribution < -0.4 is 5.73 Å². The summed E-state index contributed by atoms with van der Waals surface area (Å²) in [5, 5.41) is 0. The normalized spacial score (nSPS) is 21.4. The fraction of sp³-hybridized carbons (Fsp3) is 1.00. The lowest BCUT2D eigenvalue weighted by Gasteiger charge is -2.27. The van der Waals surface area contributed by atoms with E-state index in [-0.39, 0.29) is 0 Å². The summed E-state index contributed by atoms with van der Waals surface area (Å²) in [4.78, 5) is 5.15. The molecule has 0 spiro atoms. The van der Waals surface area contributed by atoms with Gasteiger partial charge in [-0.1, -0.05) is 0 Å². The molecule has 1 aliphatic heterocycles. The molecule has 4 heteroatoms. The average Bonchev–Trinajstić information content (AvgIpc) is 2.59. The van der Waals surface area contributed by atoms with Gasteiger partial charge in [0.05, 0.1) is 0 Å². The lowest BCUT2D eigenvalue weighted by atomic mass is 10.2. The summed E-state index contributed by atoms with van der Waals surface area (Å²) in [5.74, 6) is 0. The highest BCUT2D eigenvalue weighted by molar-refractivity contribution is 4.74. The van der Waals surface area contributed by atoms with Gasteiger partial charge in [0.25, 0.3) is 0 Å². The first-order chi connectivity index (χ1) is 8.27. The molecule has 4 nitrogen and oxygen atoms in total.